The maximum absolute atomic E-state index is 3.75. The van der Waals surface area contributed by atoms with Gasteiger partial charge in [-0.2, -0.15) is 0 Å². The first-order valence-corrected chi connectivity index (χ1v) is 7.89. The molecule has 0 aliphatic heterocycles. The van der Waals surface area contributed by atoms with Crippen molar-refractivity contribution in [2.45, 2.75) is 39.7 Å². The Labute approximate surface area is 129 Å². The van der Waals surface area contributed by atoms with Crippen molar-refractivity contribution in [2.75, 3.05) is 6.54 Å². The van der Waals surface area contributed by atoms with E-state index in [1.165, 1.54) is 17.5 Å². The average Bonchev–Trinajstić information content (AvgIpc) is 2.48. The number of nitrogens with one attached hydrogen (secondary N) is 1. The quantitative estimate of drug-likeness (QED) is 0.735. The lowest BCUT2D eigenvalue weighted by molar-refractivity contribution is 0.272. The summed E-state index contributed by atoms with van der Waals surface area (Å²) in [4.78, 5) is 0. The van der Waals surface area contributed by atoms with Crippen molar-refractivity contribution in [2.24, 2.45) is 5.41 Å². The Balaban J connectivity index is 1.89. The summed E-state index contributed by atoms with van der Waals surface area (Å²) in [6.45, 7) is 7.95. The fraction of sp³-hybridized carbons (Fsp3) is 0.400. The van der Waals surface area contributed by atoms with E-state index in [1.54, 1.807) is 0 Å². The zero-order valence-electron chi connectivity index (χ0n) is 13.5. The standard InChI is InChI=1S/C20H27N/c1-20(2,3)19(18-14-8-5-9-15-18)21-16-10-13-17-11-6-4-7-12-17/h4-9,11-12,14-15,19,21H,10,13,16H2,1-3H3. The number of benzene rings is 2. The summed E-state index contributed by atoms with van der Waals surface area (Å²) in [5.74, 6) is 0. The summed E-state index contributed by atoms with van der Waals surface area (Å²) in [5.41, 5.74) is 3.02. The number of aryl methyl sites for hydroxylation is 1. The first kappa shape index (κ1) is 15.8. The van der Waals surface area contributed by atoms with E-state index in [-0.39, 0.29) is 5.41 Å². The molecule has 0 spiro atoms. The minimum Gasteiger partial charge on any atom is -0.309 e. The molecule has 2 aromatic carbocycles. The Morgan fingerprint density at radius 3 is 2.00 bits per heavy atom. The van der Waals surface area contributed by atoms with Gasteiger partial charge in [-0.15, -0.1) is 0 Å². The van der Waals surface area contributed by atoms with Crippen LogP contribution in [0, 0.1) is 5.41 Å². The van der Waals surface area contributed by atoms with Crippen molar-refractivity contribution in [3.8, 4) is 0 Å². The van der Waals surface area contributed by atoms with Crippen LogP contribution in [0.4, 0.5) is 0 Å². The van der Waals surface area contributed by atoms with Gasteiger partial charge in [0, 0.05) is 6.04 Å². The third-order valence-electron chi connectivity index (χ3n) is 3.83. The summed E-state index contributed by atoms with van der Waals surface area (Å²) in [6, 6.07) is 21.9. The van der Waals surface area contributed by atoms with Crippen molar-refractivity contribution < 1.29 is 0 Å². The van der Waals surface area contributed by atoms with Gasteiger partial charge in [0.2, 0.25) is 0 Å². The molecule has 0 radical (unpaired) electrons. The molecule has 112 valence electrons. The van der Waals surface area contributed by atoms with E-state index in [1.807, 2.05) is 0 Å². The zero-order chi connectivity index (χ0) is 15.1. The van der Waals surface area contributed by atoms with Crippen LogP contribution in [0.3, 0.4) is 0 Å². The second-order valence-electron chi connectivity index (χ2n) is 6.75. The number of rotatable bonds is 6. The minimum absolute atomic E-state index is 0.216. The summed E-state index contributed by atoms with van der Waals surface area (Å²) in [6.07, 6.45) is 2.31. The monoisotopic (exact) mass is 281 g/mol. The predicted octanol–water partition coefficient (Wildman–Crippen LogP) is 5.00. The molecular weight excluding hydrogens is 254 g/mol. The van der Waals surface area contributed by atoms with Crippen molar-refractivity contribution >= 4 is 0 Å². The van der Waals surface area contributed by atoms with Gasteiger partial charge in [0.05, 0.1) is 0 Å². The summed E-state index contributed by atoms with van der Waals surface area (Å²) >= 11 is 0. The van der Waals surface area contributed by atoms with Crippen molar-refractivity contribution in [3.05, 3.63) is 71.8 Å². The molecule has 0 heterocycles. The van der Waals surface area contributed by atoms with Crippen LogP contribution in [0.15, 0.2) is 60.7 Å². The van der Waals surface area contributed by atoms with E-state index >= 15 is 0 Å². The molecule has 21 heavy (non-hydrogen) atoms. The molecule has 0 aliphatic carbocycles. The highest BCUT2D eigenvalue weighted by Crippen LogP contribution is 2.32. The molecule has 2 aromatic rings. The van der Waals surface area contributed by atoms with Gasteiger partial charge in [0.15, 0.2) is 0 Å². The van der Waals surface area contributed by atoms with Gasteiger partial charge in [-0.3, -0.25) is 0 Å². The Morgan fingerprint density at radius 1 is 0.857 bits per heavy atom. The van der Waals surface area contributed by atoms with Crippen LogP contribution in [0.5, 0.6) is 0 Å². The third kappa shape index (κ3) is 5.02. The molecule has 2 rings (SSSR count). The smallest absolute Gasteiger partial charge is 0.0369 e. The van der Waals surface area contributed by atoms with E-state index in [4.69, 9.17) is 0 Å². The van der Waals surface area contributed by atoms with E-state index in [9.17, 15) is 0 Å². The van der Waals surface area contributed by atoms with Crippen LogP contribution in [0.25, 0.3) is 0 Å². The summed E-state index contributed by atoms with van der Waals surface area (Å²) < 4.78 is 0. The molecule has 0 saturated carbocycles. The highest BCUT2D eigenvalue weighted by atomic mass is 14.9. The zero-order valence-corrected chi connectivity index (χ0v) is 13.5. The van der Waals surface area contributed by atoms with Gasteiger partial charge in [-0.05, 0) is 35.9 Å². The Bertz CT molecular complexity index is 511. The van der Waals surface area contributed by atoms with Crippen molar-refractivity contribution in [1.82, 2.24) is 5.32 Å². The fourth-order valence-electron chi connectivity index (χ4n) is 2.75. The molecule has 1 heteroatoms. The van der Waals surface area contributed by atoms with Crippen LogP contribution >= 0.6 is 0 Å². The van der Waals surface area contributed by atoms with Crippen LogP contribution in [0.1, 0.15) is 44.4 Å². The third-order valence-corrected chi connectivity index (χ3v) is 3.83. The van der Waals surface area contributed by atoms with E-state index in [2.05, 4.69) is 86.8 Å². The minimum atomic E-state index is 0.216. The van der Waals surface area contributed by atoms with Gasteiger partial charge >= 0.3 is 0 Å². The second-order valence-corrected chi connectivity index (χ2v) is 6.75. The van der Waals surface area contributed by atoms with Crippen molar-refractivity contribution in [3.63, 3.8) is 0 Å². The van der Waals surface area contributed by atoms with Crippen LogP contribution in [-0.4, -0.2) is 6.54 Å². The molecule has 0 bridgehead atoms. The number of hydrogen-bond acceptors (Lipinski definition) is 1. The first-order valence-electron chi connectivity index (χ1n) is 7.89. The van der Waals surface area contributed by atoms with Gasteiger partial charge in [-0.25, -0.2) is 0 Å². The molecule has 0 aromatic heterocycles. The van der Waals surface area contributed by atoms with Gasteiger partial charge < -0.3 is 5.32 Å². The van der Waals surface area contributed by atoms with Crippen molar-refractivity contribution in [1.29, 1.82) is 0 Å². The maximum atomic E-state index is 3.75. The maximum Gasteiger partial charge on any atom is 0.0369 e. The molecule has 0 aliphatic rings. The second kappa shape index (κ2) is 7.42. The van der Waals surface area contributed by atoms with Gasteiger partial charge in [0.25, 0.3) is 0 Å². The molecule has 1 N–H and O–H groups in total. The Hall–Kier alpha value is -1.60. The molecule has 0 saturated heterocycles. The molecule has 1 atom stereocenters. The molecular formula is C20H27N. The largest absolute Gasteiger partial charge is 0.309 e. The van der Waals surface area contributed by atoms with Crippen LogP contribution < -0.4 is 5.32 Å². The Kier molecular flexibility index (Phi) is 5.58. The molecule has 0 amide bonds. The first-order chi connectivity index (χ1) is 10.1. The molecule has 0 fully saturated rings. The van der Waals surface area contributed by atoms with Gasteiger partial charge in [0.1, 0.15) is 0 Å². The lowest BCUT2D eigenvalue weighted by Crippen LogP contribution is -2.33. The van der Waals surface area contributed by atoms with E-state index in [0.29, 0.717) is 6.04 Å². The normalized spacial score (nSPS) is 13.1. The molecule has 1 unspecified atom stereocenters. The van der Waals surface area contributed by atoms with E-state index in [0.717, 1.165) is 13.0 Å². The summed E-state index contributed by atoms with van der Waals surface area (Å²) in [5, 5.41) is 3.75. The lowest BCUT2D eigenvalue weighted by Gasteiger charge is -2.32. The average molecular weight is 281 g/mol. The van der Waals surface area contributed by atoms with Crippen LogP contribution in [-0.2, 0) is 6.42 Å². The highest BCUT2D eigenvalue weighted by Gasteiger charge is 2.25. The number of hydrogen-bond donors (Lipinski definition) is 1. The van der Waals surface area contributed by atoms with E-state index < -0.39 is 0 Å². The fourth-order valence-corrected chi connectivity index (χ4v) is 2.75. The Morgan fingerprint density at radius 2 is 1.43 bits per heavy atom. The SMILES string of the molecule is CC(C)(C)C(NCCCc1ccccc1)c1ccccc1. The van der Waals surface area contributed by atoms with Gasteiger partial charge in [-0.1, -0.05) is 81.4 Å². The highest BCUT2D eigenvalue weighted by molar-refractivity contribution is 5.21. The summed E-state index contributed by atoms with van der Waals surface area (Å²) in [7, 11) is 0. The van der Waals surface area contributed by atoms with Crippen LogP contribution in [0.2, 0.25) is 0 Å². The topological polar surface area (TPSA) is 12.0 Å². The molecule has 1 nitrogen and oxygen atoms in total. The lowest BCUT2D eigenvalue weighted by atomic mass is 9.82. The predicted molar refractivity (Wildman–Crippen MR) is 91.4 cm³/mol.